The van der Waals surface area contributed by atoms with Crippen molar-refractivity contribution in [2.24, 2.45) is 0 Å². The molecule has 0 aromatic heterocycles. The molecule has 2 aromatic carbocycles. The molecule has 6 heteroatoms. The summed E-state index contributed by atoms with van der Waals surface area (Å²) in [6.45, 7) is 14.7. The van der Waals surface area contributed by atoms with Gasteiger partial charge in [0.25, 0.3) is 0 Å². The van der Waals surface area contributed by atoms with Gasteiger partial charge >= 0.3 is 5.97 Å². The van der Waals surface area contributed by atoms with E-state index in [1.165, 1.54) is 0 Å². The topological polar surface area (TPSA) is 54.0 Å². The van der Waals surface area contributed by atoms with Gasteiger partial charge in [-0.2, -0.15) is 0 Å². The minimum atomic E-state index is -2.13. The Morgan fingerprint density at radius 3 is 1.77 bits per heavy atom. The first-order valence-electron chi connectivity index (χ1n) is 12.9. The summed E-state index contributed by atoms with van der Waals surface area (Å²) in [5.41, 5.74) is 3.45. The molecule has 3 rings (SSSR count). The van der Waals surface area contributed by atoms with Gasteiger partial charge in [0.2, 0.25) is 8.32 Å². The maximum absolute atomic E-state index is 12.6. The quantitative estimate of drug-likeness (QED) is 0.242. The number of ether oxygens (including phenoxy) is 3. The molecule has 0 spiro atoms. The molecule has 5 nitrogen and oxygen atoms in total. The van der Waals surface area contributed by atoms with Crippen LogP contribution in [0.2, 0.25) is 16.6 Å². The van der Waals surface area contributed by atoms with Gasteiger partial charge in [0.1, 0.15) is 6.10 Å². The third kappa shape index (κ3) is 7.03. The summed E-state index contributed by atoms with van der Waals surface area (Å²) < 4.78 is 25.4. The molecule has 0 unspecified atom stereocenters. The summed E-state index contributed by atoms with van der Waals surface area (Å²) in [5, 5.41) is 0. The van der Waals surface area contributed by atoms with Crippen molar-refractivity contribution < 1.29 is 23.4 Å². The summed E-state index contributed by atoms with van der Waals surface area (Å²) in [5.74, 6) is -0.262. The van der Waals surface area contributed by atoms with Crippen LogP contribution in [-0.4, -0.2) is 39.2 Å². The van der Waals surface area contributed by atoms with E-state index in [2.05, 4.69) is 41.5 Å². The number of hydrogen-bond acceptors (Lipinski definition) is 5. The number of benzene rings is 2. The fourth-order valence-electron chi connectivity index (χ4n) is 5.57. The van der Waals surface area contributed by atoms with Crippen LogP contribution in [0.1, 0.15) is 59.1 Å². The Morgan fingerprint density at radius 2 is 1.29 bits per heavy atom. The van der Waals surface area contributed by atoms with E-state index in [9.17, 15) is 4.79 Å². The predicted molar refractivity (Wildman–Crippen MR) is 142 cm³/mol. The van der Waals surface area contributed by atoms with Crippen molar-refractivity contribution in [1.29, 1.82) is 0 Å². The van der Waals surface area contributed by atoms with Gasteiger partial charge in [-0.25, -0.2) is 0 Å². The van der Waals surface area contributed by atoms with Crippen molar-refractivity contribution in [2.75, 3.05) is 6.61 Å². The number of hydrogen-bond donors (Lipinski definition) is 0. The molecule has 0 radical (unpaired) electrons. The van der Waals surface area contributed by atoms with Crippen LogP contribution >= 0.6 is 0 Å². The zero-order valence-electron chi connectivity index (χ0n) is 22.1. The lowest BCUT2D eigenvalue weighted by atomic mass is 10.0. The van der Waals surface area contributed by atoms with Crippen LogP contribution in [0.15, 0.2) is 60.7 Å². The number of rotatable bonds is 12. The monoisotopic (exact) mass is 498 g/mol. The standard InChI is InChI=1S/C29H42O5Si/c1-21(2)35(22(3)4,23(5)6)33-20-27-29(32-19-25-15-11-8-12-16-25)26(17-28(30)34-27)31-18-24-13-9-7-10-14-24/h7-16,21-23,26-27,29H,17-20H2,1-6H3/t26-,27-,29+/m1/s1. The maximum atomic E-state index is 12.6. The van der Waals surface area contributed by atoms with Crippen LogP contribution in [-0.2, 0) is 36.6 Å². The molecule has 1 heterocycles. The van der Waals surface area contributed by atoms with Gasteiger partial charge in [-0.3, -0.25) is 4.79 Å². The van der Waals surface area contributed by atoms with Gasteiger partial charge in [0, 0.05) is 0 Å². The van der Waals surface area contributed by atoms with Crippen molar-refractivity contribution in [3.63, 3.8) is 0 Å². The van der Waals surface area contributed by atoms with Gasteiger partial charge < -0.3 is 18.6 Å². The highest BCUT2D eigenvalue weighted by molar-refractivity contribution is 6.77. The van der Waals surface area contributed by atoms with E-state index in [0.717, 1.165) is 11.1 Å². The van der Waals surface area contributed by atoms with Gasteiger partial charge in [0.05, 0.1) is 32.3 Å². The Bertz CT molecular complexity index is 878. The summed E-state index contributed by atoms with van der Waals surface area (Å²) in [6.07, 6.45) is -1.15. The molecular formula is C29H42O5Si. The zero-order chi connectivity index (χ0) is 25.4. The van der Waals surface area contributed by atoms with E-state index < -0.39 is 26.6 Å². The minimum Gasteiger partial charge on any atom is -0.457 e. The average Bonchev–Trinajstić information content (AvgIpc) is 2.83. The highest BCUT2D eigenvalue weighted by Crippen LogP contribution is 2.42. The van der Waals surface area contributed by atoms with E-state index in [4.69, 9.17) is 18.6 Å². The van der Waals surface area contributed by atoms with E-state index in [1.807, 2.05) is 60.7 Å². The molecule has 1 aliphatic rings. The molecule has 3 atom stereocenters. The Hall–Kier alpha value is -1.99. The Labute approximate surface area is 212 Å². The van der Waals surface area contributed by atoms with Crippen LogP contribution < -0.4 is 0 Å². The highest BCUT2D eigenvalue weighted by atomic mass is 28.4. The largest absolute Gasteiger partial charge is 0.457 e. The first kappa shape index (κ1) is 27.6. The molecule has 0 aliphatic carbocycles. The van der Waals surface area contributed by atoms with Crippen LogP contribution in [0.3, 0.4) is 0 Å². The lowest BCUT2D eigenvalue weighted by Gasteiger charge is -2.44. The predicted octanol–water partition coefficient (Wildman–Crippen LogP) is 6.66. The Balaban J connectivity index is 1.80. The second kappa shape index (κ2) is 12.8. The van der Waals surface area contributed by atoms with Crippen LogP contribution in [0.25, 0.3) is 0 Å². The fourth-order valence-corrected chi connectivity index (χ4v) is 11.0. The van der Waals surface area contributed by atoms with E-state index in [1.54, 1.807) is 0 Å². The molecule has 0 bridgehead atoms. The third-order valence-electron chi connectivity index (χ3n) is 7.18. The molecule has 0 saturated carbocycles. The van der Waals surface area contributed by atoms with Gasteiger partial charge in [0.15, 0.2) is 6.10 Å². The van der Waals surface area contributed by atoms with Crippen LogP contribution in [0, 0.1) is 0 Å². The summed E-state index contributed by atoms with van der Waals surface area (Å²) in [7, 11) is -2.13. The van der Waals surface area contributed by atoms with Crippen molar-refractivity contribution >= 4 is 14.3 Å². The normalized spacial score (nSPS) is 21.1. The van der Waals surface area contributed by atoms with E-state index in [0.29, 0.717) is 36.4 Å². The highest BCUT2D eigenvalue weighted by Gasteiger charge is 2.48. The average molecular weight is 499 g/mol. The number of esters is 1. The lowest BCUT2D eigenvalue weighted by Crippen LogP contribution is -2.55. The zero-order valence-corrected chi connectivity index (χ0v) is 23.1. The van der Waals surface area contributed by atoms with Crippen molar-refractivity contribution in [2.45, 2.75) is 96.1 Å². The van der Waals surface area contributed by atoms with Gasteiger partial charge in [-0.1, -0.05) is 102 Å². The first-order valence-corrected chi connectivity index (χ1v) is 15.0. The molecule has 1 saturated heterocycles. The number of carbonyl (C=O) groups is 1. The summed E-state index contributed by atoms with van der Waals surface area (Å²) in [6, 6.07) is 20.1. The van der Waals surface area contributed by atoms with E-state index in [-0.39, 0.29) is 12.4 Å². The summed E-state index contributed by atoms with van der Waals surface area (Å²) >= 11 is 0. The lowest BCUT2D eigenvalue weighted by molar-refractivity contribution is -0.201. The van der Waals surface area contributed by atoms with Crippen LogP contribution in [0.4, 0.5) is 0 Å². The smallest absolute Gasteiger partial charge is 0.308 e. The Kier molecular flexibility index (Phi) is 10.1. The second-order valence-corrected chi connectivity index (χ2v) is 15.9. The van der Waals surface area contributed by atoms with Crippen molar-refractivity contribution in [3.05, 3.63) is 71.8 Å². The maximum Gasteiger partial charge on any atom is 0.308 e. The molecule has 2 aromatic rings. The van der Waals surface area contributed by atoms with Crippen molar-refractivity contribution in [3.8, 4) is 0 Å². The molecule has 0 N–H and O–H groups in total. The number of carbonyl (C=O) groups excluding carboxylic acids is 1. The SMILES string of the molecule is CC(C)[Si](OC[C@H]1OC(=O)C[C@@H](OCc2ccccc2)[C@@H]1OCc1ccccc1)(C(C)C)C(C)C. The third-order valence-corrected chi connectivity index (χ3v) is 13.3. The van der Waals surface area contributed by atoms with Crippen LogP contribution in [0.5, 0.6) is 0 Å². The molecule has 1 fully saturated rings. The fraction of sp³-hybridized carbons (Fsp3) is 0.552. The minimum absolute atomic E-state index is 0.171. The number of cyclic esters (lactones) is 1. The van der Waals surface area contributed by atoms with E-state index >= 15 is 0 Å². The molecule has 1 aliphatic heterocycles. The van der Waals surface area contributed by atoms with Gasteiger partial charge in [-0.05, 0) is 27.8 Å². The van der Waals surface area contributed by atoms with Gasteiger partial charge in [-0.15, -0.1) is 0 Å². The second-order valence-electron chi connectivity index (χ2n) is 10.5. The molecule has 35 heavy (non-hydrogen) atoms. The molecule has 192 valence electrons. The Morgan fingerprint density at radius 1 is 0.800 bits per heavy atom. The molecule has 0 amide bonds. The first-order chi connectivity index (χ1) is 16.7. The van der Waals surface area contributed by atoms with Crippen molar-refractivity contribution in [1.82, 2.24) is 0 Å². The summed E-state index contributed by atoms with van der Waals surface area (Å²) in [4.78, 5) is 12.6. The molecular weight excluding hydrogens is 456 g/mol.